The van der Waals surface area contributed by atoms with Gasteiger partial charge in [-0.2, -0.15) is 0 Å². The standard InChI is InChI=1S/C23H28OSi/c1-19(2)16-17-22(18-24)25(23(3,4)5,20-12-8-6-9-13-20)21-14-10-7-11-15-21/h6-18,22H,1H2,2-5H3/b17-16+/t22-/m0/s1. The Hall–Kier alpha value is -2.19. The highest BCUT2D eigenvalue weighted by atomic mass is 28.3. The van der Waals surface area contributed by atoms with E-state index >= 15 is 0 Å². The van der Waals surface area contributed by atoms with Gasteiger partial charge in [0, 0.05) is 5.54 Å². The minimum Gasteiger partial charge on any atom is -0.303 e. The van der Waals surface area contributed by atoms with E-state index in [2.05, 4.69) is 82.0 Å². The van der Waals surface area contributed by atoms with Crippen LogP contribution in [-0.4, -0.2) is 14.4 Å². The summed E-state index contributed by atoms with van der Waals surface area (Å²) < 4.78 is 0. The van der Waals surface area contributed by atoms with Crippen molar-refractivity contribution in [3.8, 4) is 0 Å². The van der Waals surface area contributed by atoms with Crippen molar-refractivity contribution in [1.82, 2.24) is 0 Å². The van der Waals surface area contributed by atoms with Gasteiger partial charge in [0.1, 0.15) is 14.4 Å². The second kappa shape index (κ2) is 7.79. The van der Waals surface area contributed by atoms with E-state index in [-0.39, 0.29) is 10.6 Å². The fourth-order valence-corrected chi connectivity index (χ4v) is 9.74. The largest absolute Gasteiger partial charge is 0.303 e. The highest BCUT2D eigenvalue weighted by molar-refractivity contribution is 7.06. The first-order chi connectivity index (χ1) is 11.8. The fraction of sp³-hybridized carbons (Fsp3) is 0.261. The summed E-state index contributed by atoms with van der Waals surface area (Å²) in [5.74, 6) is 0. The van der Waals surface area contributed by atoms with Gasteiger partial charge in [-0.05, 0) is 12.0 Å². The Labute approximate surface area is 153 Å². The molecule has 0 bridgehead atoms. The molecule has 25 heavy (non-hydrogen) atoms. The van der Waals surface area contributed by atoms with Crippen molar-refractivity contribution in [2.24, 2.45) is 0 Å². The molecule has 0 unspecified atom stereocenters. The van der Waals surface area contributed by atoms with Crippen LogP contribution in [0.3, 0.4) is 0 Å². The Balaban J connectivity index is 2.85. The number of hydrogen-bond acceptors (Lipinski definition) is 1. The molecule has 2 heteroatoms. The Morgan fingerprint density at radius 1 is 0.960 bits per heavy atom. The van der Waals surface area contributed by atoms with Gasteiger partial charge in [-0.3, -0.25) is 0 Å². The number of benzene rings is 2. The van der Waals surface area contributed by atoms with Gasteiger partial charge in [-0.25, -0.2) is 0 Å². The zero-order chi connectivity index (χ0) is 18.5. The molecule has 0 aliphatic heterocycles. The maximum absolute atomic E-state index is 12.3. The van der Waals surface area contributed by atoms with E-state index in [1.165, 1.54) is 10.4 Å². The van der Waals surface area contributed by atoms with E-state index in [0.717, 1.165) is 11.9 Å². The van der Waals surface area contributed by atoms with Crippen molar-refractivity contribution in [3.63, 3.8) is 0 Å². The molecule has 0 saturated heterocycles. The van der Waals surface area contributed by atoms with Gasteiger partial charge < -0.3 is 4.79 Å². The molecule has 130 valence electrons. The lowest BCUT2D eigenvalue weighted by Gasteiger charge is -2.46. The first-order valence-electron chi connectivity index (χ1n) is 8.74. The number of carbonyl (C=O) groups excluding carboxylic acids is 1. The third-order valence-electron chi connectivity index (χ3n) is 4.88. The van der Waals surface area contributed by atoms with Gasteiger partial charge in [0.15, 0.2) is 0 Å². The topological polar surface area (TPSA) is 17.1 Å². The number of hydrogen-bond donors (Lipinski definition) is 0. The van der Waals surface area contributed by atoms with Crippen LogP contribution in [0.2, 0.25) is 10.6 Å². The van der Waals surface area contributed by atoms with E-state index in [9.17, 15) is 4.79 Å². The third kappa shape index (κ3) is 3.74. The first kappa shape index (κ1) is 19.1. The first-order valence-corrected chi connectivity index (χ1v) is 10.8. The molecular formula is C23H28OSi. The Kier molecular flexibility index (Phi) is 5.96. The minimum atomic E-state index is -2.44. The van der Waals surface area contributed by atoms with Crippen LogP contribution in [0, 0.1) is 0 Å². The third-order valence-corrected chi connectivity index (χ3v) is 11.1. The number of carbonyl (C=O) groups is 1. The maximum atomic E-state index is 12.3. The molecule has 0 aliphatic rings. The summed E-state index contributed by atoms with van der Waals surface area (Å²) in [5.41, 5.74) is 0.804. The maximum Gasteiger partial charge on any atom is 0.137 e. The zero-order valence-electron chi connectivity index (χ0n) is 15.7. The van der Waals surface area contributed by atoms with Crippen molar-refractivity contribution in [2.75, 3.05) is 0 Å². The van der Waals surface area contributed by atoms with E-state index in [4.69, 9.17) is 0 Å². The monoisotopic (exact) mass is 348 g/mol. The second-order valence-electron chi connectivity index (χ2n) is 7.66. The van der Waals surface area contributed by atoms with Crippen LogP contribution < -0.4 is 10.4 Å². The molecule has 0 aliphatic carbocycles. The minimum absolute atomic E-state index is 0.0410. The average Bonchev–Trinajstić information content (AvgIpc) is 2.59. The Bertz CT molecular complexity index is 699. The van der Waals surface area contributed by atoms with Gasteiger partial charge in [0.25, 0.3) is 0 Å². The lowest BCUT2D eigenvalue weighted by Crippen LogP contribution is -2.67. The molecule has 0 amide bonds. The molecule has 0 spiro atoms. The molecule has 2 rings (SSSR count). The summed E-state index contributed by atoms with van der Waals surface area (Å²) in [6.45, 7) is 12.7. The molecule has 2 aromatic carbocycles. The van der Waals surface area contributed by atoms with Crippen LogP contribution in [0.5, 0.6) is 0 Å². The van der Waals surface area contributed by atoms with Crippen LogP contribution in [-0.2, 0) is 4.79 Å². The number of rotatable bonds is 6. The van der Waals surface area contributed by atoms with Crippen LogP contribution in [0.15, 0.2) is 85.0 Å². The van der Waals surface area contributed by atoms with Gasteiger partial charge in [0.2, 0.25) is 0 Å². The van der Waals surface area contributed by atoms with Gasteiger partial charge in [-0.15, -0.1) is 0 Å². The number of allylic oxidation sites excluding steroid dienone is 3. The van der Waals surface area contributed by atoms with E-state index in [0.29, 0.717) is 0 Å². The lowest BCUT2D eigenvalue weighted by atomic mass is 10.2. The highest BCUT2D eigenvalue weighted by Gasteiger charge is 2.52. The van der Waals surface area contributed by atoms with Gasteiger partial charge in [0.05, 0.1) is 0 Å². The summed E-state index contributed by atoms with van der Waals surface area (Å²) in [7, 11) is -2.44. The number of aldehydes is 1. The van der Waals surface area contributed by atoms with E-state index in [1.54, 1.807) is 0 Å². The van der Waals surface area contributed by atoms with Crippen molar-refractivity contribution in [2.45, 2.75) is 38.3 Å². The Morgan fingerprint density at radius 2 is 1.40 bits per heavy atom. The molecular weight excluding hydrogens is 320 g/mol. The smallest absolute Gasteiger partial charge is 0.137 e. The molecule has 2 aromatic rings. The molecule has 0 radical (unpaired) electrons. The summed E-state index contributed by atoms with van der Waals surface area (Å²) in [6, 6.07) is 21.2. The van der Waals surface area contributed by atoms with Gasteiger partial charge >= 0.3 is 0 Å². The van der Waals surface area contributed by atoms with Crippen molar-refractivity contribution in [1.29, 1.82) is 0 Å². The van der Waals surface area contributed by atoms with E-state index in [1.807, 2.05) is 25.1 Å². The van der Waals surface area contributed by atoms with Crippen molar-refractivity contribution < 1.29 is 4.79 Å². The molecule has 1 atom stereocenters. The molecule has 0 aromatic heterocycles. The normalized spacial score (nSPS) is 13.6. The molecule has 0 saturated carbocycles. The quantitative estimate of drug-likeness (QED) is 0.418. The van der Waals surface area contributed by atoms with E-state index < -0.39 is 8.07 Å². The molecule has 0 fully saturated rings. The fourth-order valence-electron chi connectivity index (χ4n) is 3.88. The highest BCUT2D eigenvalue weighted by Crippen LogP contribution is 2.43. The average molecular weight is 349 g/mol. The van der Waals surface area contributed by atoms with Crippen LogP contribution in [0.25, 0.3) is 0 Å². The zero-order valence-corrected chi connectivity index (χ0v) is 16.7. The summed E-state index contributed by atoms with van der Waals surface area (Å²) in [4.78, 5) is 12.3. The van der Waals surface area contributed by atoms with Crippen LogP contribution >= 0.6 is 0 Å². The summed E-state index contributed by atoms with van der Waals surface area (Å²) in [6.07, 6.45) is 5.18. The van der Waals surface area contributed by atoms with Crippen LogP contribution in [0.4, 0.5) is 0 Å². The molecule has 0 N–H and O–H groups in total. The van der Waals surface area contributed by atoms with Crippen molar-refractivity contribution >= 4 is 24.7 Å². The SMILES string of the molecule is C=C(C)/C=C/[C@@H](C=O)[Si](c1ccccc1)(c1ccccc1)C(C)(C)C. The van der Waals surface area contributed by atoms with Crippen LogP contribution in [0.1, 0.15) is 27.7 Å². The van der Waals surface area contributed by atoms with Crippen molar-refractivity contribution in [3.05, 3.63) is 85.0 Å². The predicted octanol–water partition coefficient (Wildman–Crippen LogP) is 4.75. The summed E-state index contributed by atoms with van der Waals surface area (Å²) in [5, 5.41) is 2.54. The predicted molar refractivity (Wildman–Crippen MR) is 111 cm³/mol. The Morgan fingerprint density at radius 3 is 1.72 bits per heavy atom. The molecule has 0 heterocycles. The lowest BCUT2D eigenvalue weighted by molar-refractivity contribution is -0.107. The molecule has 1 nitrogen and oxygen atoms in total. The van der Waals surface area contributed by atoms with Gasteiger partial charge in [-0.1, -0.05) is 116 Å². The second-order valence-corrected chi connectivity index (χ2v) is 12.6. The summed E-state index contributed by atoms with van der Waals surface area (Å²) >= 11 is 0.